The van der Waals surface area contributed by atoms with Gasteiger partial charge in [0.25, 0.3) is 0 Å². The Morgan fingerprint density at radius 2 is 1.88 bits per heavy atom. The molecule has 0 bridgehead atoms. The number of hydrogen-bond donors (Lipinski definition) is 4. The summed E-state index contributed by atoms with van der Waals surface area (Å²) < 4.78 is 16.1. The quantitative estimate of drug-likeness (QED) is 0.284. The molecule has 7 atom stereocenters. The number of allylic oxidation sites excluding steroid dienone is 2. The first-order valence-electron chi connectivity index (χ1n) is 10.8. The molecule has 2 aliphatic rings. The highest BCUT2D eigenvalue weighted by Gasteiger charge is 2.45. The van der Waals surface area contributed by atoms with Crippen LogP contribution in [0.5, 0.6) is 0 Å². The maximum atomic E-state index is 11.9. The van der Waals surface area contributed by atoms with Crippen LogP contribution in [0.3, 0.4) is 0 Å². The Balaban J connectivity index is 1.93. The van der Waals surface area contributed by atoms with Crippen molar-refractivity contribution in [3.8, 4) is 0 Å². The molecule has 10 heteroatoms. The number of carboxylic acid groups (broad SMARTS) is 1. The van der Waals surface area contributed by atoms with Crippen LogP contribution in [0.4, 0.5) is 0 Å². The Morgan fingerprint density at radius 3 is 2.47 bits per heavy atom. The number of rotatable bonds is 9. The lowest BCUT2D eigenvalue weighted by atomic mass is 9.66. The number of aliphatic hydroxyl groups is 3. The van der Waals surface area contributed by atoms with Crippen molar-refractivity contribution in [2.45, 2.75) is 90.2 Å². The van der Waals surface area contributed by atoms with Crippen LogP contribution < -0.4 is 0 Å². The number of carbonyl (C=O) groups is 3. The van der Waals surface area contributed by atoms with Crippen molar-refractivity contribution in [3.05, 3.63) is 11.6 Å². The molecule has 0 aromatic rings. The molecule has 0 aromatic carbocycles. The first-order valence-corrected chi connectivity index (χ1v) is 10.8. The second-order valence-electron chi connectivity index (χ2n) is 9.36. The number of hydrogen-bond acceptors (Lipinski definition) is 9. The third-order valence-electron chi connectivity index (χ3n) is 6.11. The van der Waals surface area contributed by atoms with E-state index in [1.165, 1.54) is 0 Å². The van der Waals surface area contributed by atoms with E-state index in [0.29, 0.717) is 12.8 Å². The largest absolute Gasteiger partial charge is 0.481 e. The molecule has 1 aliphatic carbocycles. The average Bonchev–Trinajstić information content (AvgIpc) is 2.65. The summed E-state index contributed by atoms with van der Waals surface area (Å²) in [5.74, 6) is -2.07. The second-order valence-corrected chi connectivity index (χ2v) is 9.36. The average molecular weight is 459 g/mol. The zero-order chi connectivity index (χ0) is 24.2. The SMILES string of the molecule is CC1=CC(=O)CC(C)(C)C1CCC(C)OC1OC(COC(=O)CC(=O)O)C(O)C(O)C1O. The van der Waals surface area contributed by atoms with E-state index in [1.54, 1.807) is 13.0 Å². The van der Waals surface area contributed by atoms with Gasteiger partial charge in [-0.2, -0.15) is 0 Å². The first-order chi connectivity index (χ1) is 14.8. The highest BCUT2D eigenvalue weighted by molar-refractivity contribution is 5.92. The van der Waals surface area contributed by atoms with Gasteiger partial charge in [0.15, 0.2) is 12.1 Å². The number of carbonyl (C=O) groups excluding carboxylic acids is 2. The van der Waals surface area contributed by atoms with E-state index in [4.69, 9.17) is 19.3 Å². The van der Waals surface area contributed by atoms with E-state index in [0.717, 1.165) is 12.0 Å². The molecule has 0 spiro atoms. The minimum atomic E-state index is -1.60. The number of ether oxygens (including phenoxy) is 3. The molecule has 0 aromatic heterocycles. The molecule has 7 unspecified atom stereocenters. The maximum absolute atomic E-state index is 11.9. The Kier molecular flexibility index (Phi) is 8.95. The number of aliphatic carboxylic acids is 1. The van der Waals surface area contributed by atoms with Gasteiger partial charge in [0.1, 0.15) is 37.4 Å². The van der Waals surface area contributed by atoms with Crippen LogP contribution in [0, 0.1) is 11.3 Å². The summed E-state index contributed by atoms with van der Waals surface area (Å²) in [5.41, 5.74) is 0.844. The number of ketones is 1. The molecular weight excluding hydrogens is 424 g/mol. The fraction of sp³-hybridized carbons (Fsp3) is 0.773. The lowest BCUT2D eigenvalue weighted by Crippen LogP contribution is -2.59. The summed E-state index contributed by atoms with van der Waals surface area (Å²) in [6, 6.07) is 0. The minimum absolute atomic E-state index is 0.120. The monoisotopic (exact) mass is 458 g/mol. The molecule has 4 N–H and O–H groups in total. The van der Waals surface area contributed by atoms with Gasteiger partial charge in [0.2, 0.25) is 0 Å². The van der Waals surface area contributed by atoms with Crippen LogP contribution >= 0.6 is 0 Å². The van der Waals surface area contributed by atoms with Crippen molar-refractivity contribution in [1.29, 1.82) is 0 Å². The number of esters is 1. The lowest BCUT2D eigenvalue weighted by Gasteiger charge is -2.41. The van der Waals surface area contributed by atoms with Crippen molar-refractivity contribution in [2.75, 3.05) is 6.61 Å². The summed E-state index contributed by atoms with van der Waals surface area (Å²) in [6.45, 7) is 7.34. The van der Waals surface area contributed by atoms with Crippen molar-refractivity contribution in [1.82, 2.24) is 0 Å². The fourth-order valence-electron chi connectivity index (χ4n) is 4.43. The third-order valence-corrected chi connectivity index (χ3v) is 6.11. The molecule has 1 heterocycles. The standard InChI is InChI=1S/C22H34O10/c1-11-7-13(23)9-22(3,4)14(11)6-5-12(2)31-21-20(29)19(28)18(27)15(32-21)10-30-17(26)8-16(24)25/h7,12,14-15,18-21,27-29H,5-6,8-10H2,1-4H3,(H,24,25). The van der Waals surface area contributed by atoms with Crippen LogP contribution in [-0.4, -0.2) is 81.6 Å². The van der Waals surface area contributed by atoms with Crippen molar-refractivity contribution < 1.29 is 49.0 Å². The molecule has 2 rings (SSSR count). The van der Waals surface area contributed by atoms with E-state index < -0.39 is 55.7 Å². The highest BCUT2D eigenvalue weighted by Crippen LogP contribution is 2.42. The third kappa shape index (κ3) is 6.82. The summed E-state index contributed by atoms with van der Waals surface area (Å²) in [7, 11) is 0. The molecule has 1 saturated heterocycles. The van der Waals surface area contributed by atoms with Gasteiger partial charge in [-0.15, -0.1) is 0 Å². The topological polar surface area (TPSA) is 160 Å². The Bertz CT molecular complexity index is 730. The van der Waals surface area contributed by atoms with Crippen LogP contribution in [0.25, 0.3) is 0 Å². The van der Waals surface area contributed by atoms with Gasteiger partial charge in [-0.1, -0.05) is 19.4 Å². The Morgan fingerprint density at radius 1 is 1.22 bits per heavy atom. The molecular formula is C22H34O10. The summed E-state index contributed by atoms with van der Waals surface area (Å²) in [6.07, 6.45) is -4.88. The van der Waals surface area contributed by atoms with Gasteiger partial charge in [-0.3, -0.25) is 14.4 Å². The number of aliphatic hydroxyl groups excluding tert-OH is 3. The summed E-state index contributed by atoms with van der Waals surface area (Å²) >= 11 is 0. The van der Waals surface area contributed by atoms with Crippen LogP contribution in [-0.2, 0) is 28.6 Å². The van der Waals surface area contributed by atoms with Crippen molar-refractivity contribution in [3.63, 3.8) is 0 Å². The van der Waals surface area contributed by atoms with Gasteiger partial charge < -0.3 is 34.6 Å². The van der Waals surface area contributed by atoms with E-state index in [1.807, 2.05) is 6.92 Å². The lowest BCUT2D eigenvalue weighted by molar-refractivity contribution is -0.311. The highest BCUT2D eigenvalue weighted by atomic mass is 16.7. The van der Waals surface area contributed by atoms with E-state index >= 15 is 0 Å². The molecule has 0 radical (unpaired) electrons. The molecule has 32 heavy (non-hydrogen) atoms. The minimum Gasteiger partial charge on any atom is -0.481 e. The van der Waals surface area contributed by atoms with E-state index in [9.17, 15) is 29.7 Å². The van der Waals surface area contributed by atoms with E-state index in [2.05, 4.69) is 13.8 Å². The molecule has 0 saturated carbocycles. The summed E-state index contributed by atoms with van der Waals surface area (Å²) in [5, 5.41) is 39.1. The van der Waals surface area contributed by atoms with Gasteiger partial charge in [0.05, 0.1) is 6.10 Å². The first kappa shape index (κ1) is 26.4. The molecule has 1 aliphatic heterocycles. The van der Waals surface area contributed by atoms with Crippen LogP contribution in [0.1, 0.15) is 53.4 Å². The predicted octanol–water partition coefficient (Wildman–Crippen LogP) is 0.559. The molecule has 1 fully saturated rings. The van der Waals surface area contributed by atoms with Crippen molar-refractivity contribution >= 4 is 17.7 Å². The predicted molar refractivity (Wildman–Crippen MR) is 110 cm³/mol. The van der Waals surface area contributed by atoms with Gasteiger partial charge in [0, 0.05) is 6.42 Å². The van der Waals surface area contributed by atoms with Gasteiger partial charge in [-0.05, 0) is 44.1 Å². The zero-order valence-corrected chi connectivity index (χ0v) is 18.9. The zero-order valence-electron chi connectivity index (χ0n) is 18.9. The van der Waals surface area contributed by atoms with Crippen LogP contribution in [0.15, 0.2) is 11.6 Å². The Hall–Kier alpha value is -1.85. The fourth-order valence-corrected chi connectivity index (χ4v) is 4.43. The Labute approximate surface area is 187 Å². The second kappa shape index (κ2) is 10.8. The summed E-state index contributed by atoms with van der Waals surface area (Å²) in [4.78, 5) is 33.8. The maximum Gasteiger partial charge on any atom is 0.317 e. The van der Waals surface area contributed by atoms with Crippen LogP contribution in [0.2, 0.25) is 0 Å². The molecule has 10 nitrogen and oxygen atoms in total. The van der Waals surface area contributed by atoms with Gasteiger partial charge >= 0.3 is 11.9 Å². The van der Waals surface area contributed by atoms with Gasteiger partial charge in [-0.25, -0.2) is 0 Å². The smallest absolute Gasteiger partial charge is 0.317 e. The molecule has 0 amide bonds. The van der Waals surface area contributed by atoms with E-state index in [-0.39, 0.29) is 23.2 Å². The number of carboxylic acids is 1. The van der Waals surface area contributed by atoms with Crippen molar-refractivity contribution in [2.24, 2.45) is 11.3 Å². The molecule has 182 valence electrons. The normalized spacial score (nSPS) is 33.3.